The van der Waals surface area contributed by atoms with Gasteiger partial charge in [-0.1, -0.05) is 0 Å². The van der Waals surface area contributed by atoms with Crippen LogP contribution >= 0.6 is 0 Å². The third-order valence-electron chi connectivity index (χ3n) is 1.48. The molecule has 0 aliphatic carbocycles. The zero-order valence-electron chi connectivity index (χ0n) is 6.07. The van der Waals surface area contributed by atoms with Gasteiger partial charge in [0.25, 0.3) is 0 Å². The SMILES string of the molecule is Nc1cnccc1[C@H](N)CO. The molecule has 1 aromatic heterocycles. The van der Waals surface area contributed by atoms with E-state index in [1.54, 1.807) is 12.3 Å². The Morgan fingerprint density at radius 3 is 2.91 bits per heavy atom. The molecule has 0 aromatic carbocycles. The highest BCUT2D eigenvalue weighted by Gasteiger charge is 2.06. The van der Waals surface area contributed by atoms with Crippen LogP contribution in [0, 0.1) is 0 Å². The number of nitrogens with two attached hydrogens (primary N) is 2. The Bertz CT molecular complexity index is 239. The molecule has 0 saturated carbocycles. The zero-order valence-corrected chi connectivity index (χ0v) is 6.07. The van der Waals surface area contributed by atoms with E-state index in [2.05, 4.69) is 4.98 Å². The van der Waals surface area contributed by atoms with E-state index in [9.17, 15) is 0 Å². The maximum absolute atomic E-state index is 8.71. The first-order valence-corrected chi connectivity index (χ1v) is 3.31. The molecule has 0 amide bonds. The van der Waals surface area contributed by atoms with Gasteiger partial charge in [0.05, 0.1) is 24.5 Å². The molecule has 0 aliphatic rings. The van der Waals surface area contributed by atoms with Crippen LogP contribution in [-0.2, 0) is 0 Å². The Labute approximate surface area is 64.9 Å². The second kappa shape index (κ2) is 3.32. The lowest BCUT2D eigenvalue weighted by Gasteiger charge is -2.09. The van der Waals surface area contributed by atoms with Gasteiger partial charge in [0.15, 0.2) is 0 Å². The first-order chi connectivity index (χ1) is 5.25. The van der Waals surface area contributed by atoms with Gasteiger partial charge in [-0.15, -0.1) is 0 Å². The van der Waals surface area contributed by atoms with E-state index in [4.69, 9.17) is 16.6 Å². The molecule has 1 aromatic rings. The third kappa shape index (κ3) is 1.66. The molecule has 4 heteroatoms. The van der Waals surface area contributed by atoms with E-state index >= 15 is 0 Å². The van der Waals surface area contributed by atoms with Crippen LogP contribution in [0.4, 0.5) is 5.69 Å². The number of hydrogen-bond donors (Lipinski definition) is 3. The summed E-state index contributed by atoms with van der Waals surface area (Å²) in [5.41, 5.74) is 12.3. The maximum atomic E-state index is 8.71. The monoisotopic (exact) mass is 153 g/mol. The molecule has 4 nitrogen and oxygen atoms in total. The topological polar surface area (TPSA) is 85.2 Å². The van der Waals surface area contributed by atoms with Crippen molar-refractivity contribution in [3.8, 4) is 0 Å². The number of rotatable bonds is 2. The van der Waals surface area contributed by atoms with Crippen LogP contribution in [0.1, 0.15) is 11.6 Å². The Morgan fingerprint density at radius 2 is 2.36 bits per heavy atom. The molecule has 1 heterocycles. The summed E-state index contributed by atoms with van der Waals surface area (Å²) in [5, 5.41) is 8.71. The number of nitrogen functional groups attached to an aromatic ring is 1. The summed E-state index contributed by atoms with van der Waals surface area (Å²) in [5.74, 6) is 0. The molecule has 0 saturated heterocycles. The van der Waals surface area contributed by atoms with Gasteiger partial charge in [-0.3, -0.25) is 4.98 Å². The molecule has 0 aliphatic heterocycles. The van der Waals surface area contributed by atoms with Crippen LogP contribution in [0.3, 0.4) is 0 Å². The Balaban J connectivity index is 2.93. The van der Waals surface area contributed by atoms with Crippen molar-refractivity contribution in [2.45, 2.75) is 6.04 Å². The quantitative estimate of drug-likeness (QED) is 0.542. The maximum Gasteiger partial charge on any atom is 0.0625 e. The largest absolute Gasteiger partial charge is 0.397 e. The fourth-order valence-electron chi connectivity index (χ4n) is 0.853. The molecule has 60 valence electrons. The fourth-order valence-corrected chi connectivity index (χ4v) is 0.853. The van der Waals surface area contributed by atoms with Crippen molar-refractivity contribution in [3.05, 3.63) is 24.0 Å². The molecular weight excluding hydrogens is 142 g/mol. The molecule has 0 radical (unpaired) electrons. The van der Waals surface area contributed by atoms with Gasteiger partial charge >= 0.3 is 0 Å². The molecule has 0 spiro atoms. The Morgan fingerprint density at radius 1 is 1.64 bits per heavy atom. The van der Waals surface area contributed by atoms with Gasteiger partial charge in [0.2, 0.25) is 0 Å². The van der Waals surface area contributed by atoms with E-state index in [-0.39, 0.29) is 6.61 Å². The minimum absolute atomic E-state index is 0.103. The summed E-state index contributed by atoms with van der Waals surface area (Å²) >= 11 is 0. The molecule has 0 unspecified atom stereocenters. The minimum atomic E-state index is -0.405. The van der Waals surface area contributed by atoms with E-state index in [1.165, 1.54) is 6.20 Å². The second-order valence-corrected chi connectivity index (χ2v) is 2.29. The molecule has 5 N–H and O–H groups in total. The van der Waals surface area contributed by atoms with Gasteiger partial charge in [-0.05, 0) is 11.6 Å². The van der Waals surface area contributed by atoms with Crippen molar-refractivity contribution in [1.82, 2.24) is 4.98 Å². The van der Waals surface area contributed by atoms with Crippen molar-refractivity contribution in [2.75, 3.05) is 12.3 Å². The Kier molecular flexibility index (Phi) is 2.40. The number of anilines is 1. The van der Waals surface area contributed by atoms with Crippen LogP contribution < -0.4 is 11.5 Å². The predicted octanol–water partition coefficient (Wildman–Crippen LogP) is -0.344. The van der Waals surface area contributed by atoms with Crippen LogP contribution in [0.15, 0.2) is 18.5 Å². The average Bonchev–Trinajstić information content (AvgIpc) is 2.04. The van der Waals surface area contributed by atoms with Crippen LogP contribution in [0.2, 0.25) is 0 Å². The second-order valence-electron chi connectivity index (χ2n) is 2.29. The van der Waals surface area contributed by atoms with E-state index in [0.29, 0.717) is 5.69 Å². The van der Waals surface area contributed by atoms with Gasteiger partial charge in [-0.2, -0.15) is 0 Å². The standard InChI is InChI=1S/C7H11N3O/c8-6-3-10-2-1-5(6)7(9)4-11/h1-3,7,11H,4,8-9H2/t7-/m1/s1. The number of aliphatic hydroxyl groups excluding tert-OH is 1. The first kappa shape index (κ1) is 7.97. The normalized spacial score (nSPS) is 12.9. The third-order valence-corrected chi connectivity index (χ3v) is 1.48. The smallest absolute Gasteiger partial charge is 0.0625 e. The lowest BCUT2D eigenvalue weighted by atomic mass is 10.1. The van der Waals surface area contributed by atoms with Crippen molar-refractivity contribution < 1.29 is 5.11 Å². The highest BCUT2D eigenvalue weighted by atomic mass is 16.3. The molecule has 1 rings (SSSR count). The number of aliphatic hydroxyl groups is 1. The zero-order chi connectivity index (χ0) is 8.27. The van der Waals surface area contributed by atoms with Gasteiger partial charge in [0, 0.05) is 6.20 Å². The van der Waals surface area contributed by atoms with Gasteiger partial charge < -0.3 is 16.6 Å². The van der Waals surface area contributed by atoms with Crippen molar-refractivity contribution in [3.63, 3.8) is 0 Å². The highest BCUT2D eigenvalue weighted by Crippen LogP contribution is 2.15. The van der Waals surface area contributed by atoms with Crippen LogP contribution in [0.25, 0.3) is 0 Å². The number of nitrogens with zero attached hydrogens (tertiary/aromatic N) is 1. The Hall–Kier alpha value is -1.13. The highest BCUT2D eigenvalue weighted by molar-refractivity contribution is 5.45. The average molecular weight is 153 g/mol. The summed E-state index contributed by atoms with van der Waals surface area (Å²) in [6.45, 7) is -0.103. The van der Waals surface area contributed by atoms with Crippen molar-refractivity contribution in [1.29, 1.82) is 0 Å². The van der Waals surface area contributed by atoms with Gasteiger partial charge in [-0.25, -0.2) is 0 Å². The lowest BCUT2D eigenvalue weighted by molar-refractivity contribution is 0.268. The molecule has 0 bridgehead atoms. The van der Waals surface area contributed by atoms with Crippen LogP contribution in [0.5, 0.6) is 0 Å². The number of hydrogen-bond acceptors (Lipinski definition) is 4. The summed E-state index contributed by atoms with van der Waals surface area (Å²) < 4.78 is 0. The first-order valence-electron chi connectivity index (χ1n) is 3.31. The van der Waals surface area contributed by atoms with E-state index in [1.807, 2.05) is 0 Å². The van der Waals surface area contributed by atoms with Gasteiger partial charge in [0.1, 0.15) is 0 Å². The molecular formula is C7H11N3O. The fraction of sp³-hybridized carbons (Fsp3) is 0.286. The van der Waals surface area contributed by atoms with Crippen molar-refractivity contribution >= 4 is 5.69 Å². The number of aromatic nitrogens is 1. The molecule has 1 atom stereocenters. The molecule has 11 heavy (non-hydrogen) atoms. The van der Waals surface area contributed by atoms with Crippen molar-refractivity contribution in [2.24, 2.45) is 5.73 Å². The van der Waals surface area contributed by atoms with E-state index < -0.39 is 6.04 Å². The molecule has 0 fully saturated rings. The summed E-state index contributed by atoms with van der Waals surface area (Å²) in [6, 6.07) is 1.30. The van der Waals surface area contributed by atoms with Crippen LogP contribution in [-0.4, -0.2) is 16.7 Å². The van der Waals surface area contributed by atoms with E-state index in [0.717, 1.165) is 5.56 Å². The predicted molar refractivity (Wildman–Crippen MR) is 42.7 cm³/mol. The summed E-state index contributed by atoms with van der Waals surface area (Å²) in [6.07, 6.45) is 3.12. The summed E-state index contributed by atoms with van der Waals surface area (Å²) in [7, 11) is 0. The number of pyridine rings is 1. The lowest BCUT2D eigenvalue weighted by Crippen LogP contribution is -2.16. The summed E-state index contributed by atoms with van der Waals surface area (Å²) in [4.78, 5) is 3.80. The minimum Gasteiger partial charge on any atom is -0.397 e.